The third-order valence-corrected chi connectivity index (χ3v) is 7.09. The standard InChI is InChI=1S/C28H26N2O4S/c1-2-34-24-15-11-14-23(20-24)29-28(31)26-18-9-10-19-27(26)30(21-22-12-5-3-6-13-22)35(32,33)25-16-7-4-8-17-25/h3-20H,2,21H2,1H3,(H,29,31). The highest BCUT2D eigenvalue weighted by atomic mass is 32.2. The highest BCUT2D eigenvalue weighted by Gasteiger charge is 2.28. The van der Waals surface area contributed by atoms with Gasteiger partial charge in [0.05, 0.1) is 29.3 Å². The fraction of sp³-hybridized carbons (Fsp3) is 0.107. The van der Waals surface area contributed by atoms with E-state index in [4.69, 9.17) is 4.74 Å². The molecule has 0 aliphatic heterocycles. The molecule has 6 nitrogen and oxygen atoms in total. The summed E-state index contributed by atoms with van der Waals surface area (Å²) in [7, 11) is -3.96. The number of nitrogens with zero attached hydrogens (tertiary/aromatic N) is 1. The molecular formula is C28H26N2O4S. The van der Waals surface area contributed by atoms with Gasteiger partial charge in [-0.25, -0.2) is 8.42 Å². The largest absolute Gasteiger partial charge is 0.494 e. The maximum absolute atomic E-state index is 13.8. The van der Waals surface area contributed by atoms with Gasteiger partial charge in [-0.15, -0.1) is 0 Å². The van der Waals surface area contributed by atoms with Crippen molar-refractivity contribution in [3.63, 3.8) is 0 Å². The molecule has 1 N–H and O–H groups in total. The summed E-state index contributed by atoms with van der Waals surface area (Å²) in [5.74, 6) is 0.214. The number of nitrogens with one attached hydrogen (secondary N) is 1. The predicted octanol–water partition coefficient (Wildman–Crippen LogP) is 5.73. The molecule has 0 fully saturated rings. The van der Waals surface area contributed by atoms with Crippen LogP contribution in [0.15, 0.2) is 114 Å². The normalized spacial score (nSPS) is 11.0. The van der Waals surface area contributed by atoms with Crippen LogP contribution < -0.4 is 14.4 Å². The van der Waals surface area contributed by atoms with Crippen molar-refractivity contribution in [2.45, 2.75) is 18.4 Å². The number of carbonyl (C=O) groups excluding carboxylic acids is 1. The molecule has 4 rings (SSSR count). The number of hydrogen-bond donors (Lipinski definition) is 1. The Bertz CT molecular complexity index is 1390. The van der Waals surface area contributed by atoms with E-state index in [0.29, 0.717) is 23.7 Å². The van der Waals surface area contributed by atoms with Crippen LogP contribution >= 0.6 is 0 Å². The lowest BCUT2D eigenvalue weighted by Gasteiger charge is -2.26. The Morgan fingerprint density at radius 3 is 2.20 bits per heavy atom. The van der Waals surface area contributed by atoms with Crippen molar-refractivity contribution < 1.29 is 17.9 Å². The molecule has 0 atom stereocenters. The lowest BCUT2D eigenvalue weighted by molar-refractivity contribution is 0.102. The number of sulfonamides is 1. The van der Waals surface area contributed by atoms with Gasteiger partial charge in [-0.1, -0.05) is 66.7 Å². The number of para-hydroxylation sites is 1. The Morgan fingerprint density at radius 2 is 1.49 bits per heavy atom. The molecule has 4 aromatic carbocycles. The summed E-state index contributed by atoms with van der Waals surface area (Å²) in [4.78, 5) is 13.5. The first-order chi connectivity index (χ1) is 17.0. The van der Waals surface area contributed by atoms with Crippen molar-refractivity contribution in [3.8, 4) is 5.75 Å². The van der Waals surface area contributed by atoms with Crippen LogP contribution in [0.25, 0.3) is 0 Å². The smallest absolute Gasteiger partial charge is 0.264 e. The average Bonchev–Trinajstić information content (AvgIpc) is 2.89. The van der Waals surface area contributed by atoms with Gasteiger partial charge < -0.3 is 10.1 Å². The quantitative estimate of drug-likeness (QED) is 0.328. The van der Waals surface area contributed by atoms with Crippen LogP contribution in [-0.2, 0) is 16.6 Å². The van der Waals surface area contributed by atoms with Crippen LogP contribution in [0, 0.1) is 0 Å². The maximum Gasteiger partial charge on any atom is 0.264 e. The Hall–Kier alpha value is -4.10. The molecule has 0 saturated carbocycles. The minimum atomic E-state index is -3.96. The van der Waals surface area contributed by atoms with E-state index in [1.165, 1.54) is 4.31 Å². The molecular weight excluding hydrogens is 460 g/mol. The molecule has 178 valence electrons. The molecule has 0 aliphatic carbocycles. The van der Waals surface area contributed by atoms with Gasteiger partial charge in [0.2, 0.25) is 0 Å². The zero-order chi connectivity index (χ0) is 24.7. The average molecular weight is 487 g/mol. The van der Waals surface area contributed by atoms with E-state index in [-0.39, 0.29) is 17.0 Å². The number of rotatable bonds is 9. The number of amides is 1. The summed E-state index contributed by atoms with van der Waals surface area (Å²) in [6.07, 6.45) is 0. The number of hydrogen-bond acceptors (Lipinski definition) is 4. The van der Waals surface area contributed by atoms with Gasteiger partial charge in [-0.2, -0.15) is 0 Å². The van der Waals surface area contributed by atoms with E-state index in [9.17, 15) is 13.2 Å². The first kappa shape index (κ1) is 24.0. The van der Waals surface area contributed by atoms with Gasteiger partial charge in [-0.3, -0.25) is 9.10 Å². The summed E-state index contributed by atoms with van der Waals surface area (Å²) in [6.45, 7) is 2.46. The molecule has 0 aliphatic rings. The number of anilines is 2. The molecule has 0 radical (unpaired) electrons. The molecule has 0 unspecified atom stereocenters. The van der Waals surface area contributed by atoms with Crippen molar-refractivity contribution in [1.82, 2.24) is 0 Å². The number of ether oxygens (including phenoxy) is 1. The molecule has 1 amide bonds. The lowest BCUT2D eigenvalue weighted by Crippen LogP contribution is -2.32. The van der Waals surface area contributed by atoms with Gasteiger partial charge in [0.1, 0.15) is 5.75 Å². The van der Waals surface area contributed by atoms with E-state index >= 15 is 0 Å². The van der Waals surface area contributed by atoms with E-state index in [0.717, 1.165) is 5.56 Å². The van der Waals surface area contributed by atoms with Crippen LogP contribution in [0.5, 0.6) is 5.75 Å². The van der Waals surface area contributed by atoms with E-state index in [1.807, 2.05) is 37.3 Å². The third kappa shape index (κ3) is 5.70. The monoisotopic (exact) mass is 486 g/mol. The fourth-order valence-corrected chi connectivity index (χ4v) is 5.17. The van der Waals surface area contributed by atoms with Crippen LogP contribution in [0.1, 0.15) is 22.8 Å². The summed E-state index contributed by atoms with van der Waals surface area (Å²) in [6, 6.07) is 31.3. The molecule has 0 bridgehead atoms. The molecule has 0 saturated heterocycles. The van der Waals surface area contributed by atoms with E-state index in [1.54, 1.807) is 78.9 Å². The van der Waals surface area contributed by atoms with Crippen molar-refractivity contribution in [1.29, 1.82) is 0 Å². The summed E-state index contributed by atoms with van der Waals surface area (Å²) in [5, 5.41) is 2.87. The predicted molar refractivity (Wildman–Crippen MR) is 138 cm³/mol. The lowest BCUT2D eigenvalue weighted by atomic mass is 10.1. The minimum absolute atomic E-state index is 0.0716. The second-order valence-corrected chi connectivity index (χ2v) is 9.60. The molecule has 7 heteroatoms. The number of carbonyl (C=O) groups is 1. The fourth-order valence-electron chi connectivity index (χ4n) is 3.68. The van der Waals surface area contributed by atoms with Gasteiger partial charge in [0.25, 0.3) is 15.9 Å². The summed E-state index contributed by atoms with van der Waals surface area (Å²) < 4.78 is 34.3. The highest BCUT2D eigenvalue weighted by molar-refractivity contribution is 7.92. The minimum Gasteiger partial charge on any atom is -0.494 e. The Balaban J connectivity index is 1.75. The molecule has 4 aromatic rings. The van der Waals surface area contributed by atoms with Crippen molar-refractivity contribution in [2.24, 2.45) is 0 Å². The van der Waals surface area contributed by atoms with Gasteiger partial charge in [0, 0.05) is 11.8 Å². The topological polar surface area (TPSA) is 75.7 Å². The Morgan fingerprint density at radius 1 is 0.829 bits per heavy atom. The first-order valence-corrected chi connectivity index (χ1v) is 12.7. The summed E-state index contributed by atoms with van der Waals surface area (Å²) >= 11 is 0. The van der Waals surface area contributed by atoms with E-state index < -0.39 is 15.9 Å². The van der Waals surface area contributed by atoms with Crippen molar-refractivity contribution in [3.05, 3.63) is 120 Å². The van der Waals surface area contributed by atoms with Crippen LogP contribution in [0.3, 0.4) is 0 Å². The molecule has 0 aromatic heterocycles. The zero-order valence-electron chi connectivity index (χ0n) is 19.3. The van der Waals surface area contributed by atoms with Gasteiger partial charge in [-0.05, 0) is 48.9 Å². The van der Waals surface area contributed by atoms with Gasteiger partial charge in [0.15, 0.2) is 0 Å². The van der Waals surface area contributed by atoms with Gasteiger partial charge >= 0.3 is 0 Å². The van der Waals surface area contributed by atoms with Crippen LogP contribution in [-0.4, -0.2) is 20.9 Å². The zero-order valence-corrected chi connectivity index (χ0v) is 20.1. The molecule has 0 spiro atoms. The second-order valence-electron chi connectivity index (χ2n) is 7.74. The van der Waals surface area contributed by atoms with Crippen molar-refractivity contribution >= 4 is 27.3 Å². The van der Waals surface area contributed by atoms with Crippen LogP contribution in [0.2, 0.25) is 0 Å². The van der Waals surface area contributed by atoms with E-state index in [2.05, 4.69) is 5.32 Å². The Labute approximate surface area is 205 Å². The van der Waals surface area contributed by atoms with Crippen molar-refractivity contribution in [2.75, 3.05) is 16.2 Å². The Kier molecular flexibility index (Phi) is 7.48. The number of benzene rings is 4. The first-order valence-electron chi connectivity index (χ1n) is 11.2. The third-order valence-electron chi connectivity index (χ3n) is 5.32. The van der Waals surface area contributed by atoms with Crippen LogP contribution in [0.4, 0.5) is 11.4 Å². The SMILES string of the molecule is CCOc1cccc(NC(=O)c2ccccc2N(Cc2ccccc2)S(=O)(=O)c2ccccc2)c1. The molecule has 0 heterocycles. The molecule has 35 heavy (non-hydrogen) atoms. The second kappa shape index (κ2) is 10.9. The highest BCUT2D eigenvalue weighted by Crippen LogP contribution is 2.30. The maximum atomic E-state index is 13.8. The summed E-state index contributed by atoms with van der Waals surface area (Å²) in [5.41, 5.74) is 1.88.